The van der Waals surface area contributed by atoms with E-state index in [4.69, 9.17) is 17.5 Å². The highest BCUT2D eigenvalue weighted by Gasteiger charge is 2.50. The van der Waals surface area contributed by atoms with Gasteiger partial charge in [0.05, 0.1) is 22.9 Å². The summed E-state index contributed by atoms with van der Waals surface area (Å²) in [6.45, 7) is 2.90. The molecule has 1 fully saturated rings. The van der Waals surface area contributed by atoms with Crippen LogP contribution in [0.1, 0.15) is 41.0 Å². The zero-order valence-electron chi connectivity index (χ0n) is 20.3. The molecule has 0 aliphatic carbocycles. The molecule has 3 aromatic rings. The number of carbonyl (C=O) groups excluding carboxylic acids is 2. The van der Waals surface area contributed by atoms with Crippen LogP contribution in [0.5, 0.6) is 0 Å². The standard InChI is InChI=1S/C25H20F4N6O2S/c1-24(2)22(37)34(16-6-4-14(12-30)18(10-16)25(27,28)29)23(38)35(24)17-7-5-15(19(26)11-17)13-31-21(36)20-8-9-32-33(20)3/h4-11H,13H2,1-3H3,(H,31,36). The van der Waals surface area contributed by atoms with Gasteiger partial charge in [-0.25, -0.2) is 4.39 Å². The van der Waals surface area contributed by atoms with Gasteiger partial charge in [-0.15, -0.1) is 0 Å². The Labute approximate surface area is 220 Å². The first-order valence-corrected chi connectivity index (χ1v) is 11.5. The Bertz CT molecular complexity index is 1510. The fourth-order valence-corrected chi connectivity index (χ4v) is 4.66. The van der Waals surface area contributed by atoms with Crippen molar-refractivity contribution < 1.29 is 27.2 Å². The van der Waals surface area contributed by atoms with Crippen molar-refractivity contribution in [2.45, 2.75) is 32.1 Å². The zero-order valence-corrected chi connectivity index (χ0v) is 21.1. The molecule has 2 aromatic carbocycles. The molecule has 0 radical (unpaired) electrons. The van der Waals surface area contributed by atoms with Crippen LogP contribution in [-0.2, 0) is 24.6 Å². The topological polar surface area (TPSA) is 94.3 Å². The smallest absolute Gasteiger partial charge is 0.347 e. The summed E-state index contributed by atoms with van der Waals surface area (Å²) in [7, 11) is 1.59. The van der Waals surface area contributed by atoms with Crippen LogP contribution >= 0.6 is 12.2 Å². The summed E-state index contributed by atoms with van der Waals surface area (Å²) < 4.78 is 57.0. The predicted octanol–water partition coefficient (Wildman–Crippen LogP) is 4.30. The molecule has 38 heavy (non-hydrogen) atoms. The average molecular weight is 545 g/mol. The third kappa shape index (κ3) is 4.58. The molecule has 196 valence electrons. The first-order valence-electron chi connectivity index (χ1n) is 11.1. The quantitative estimate of drug-likeness (QED) is 0.381. The van der Waals surface area contributed by atoms with Crippen LogP contribution in [0.15, 0.2) is 48.7 Å². The Balaban J connectivity index is 1.62. The van der Waals surface area contributed by atoms with E-state index in [2.05, 4.69) is 10.4 Å². The molecule has 1 aliphatic rings. The van der Waals surface area contributed by atoms with Gasteiger partial charge in [-0.1, -0.05) is 6.07 Å². The summed E-state index contributed by atoms with van der Waals surface area (Å²) in [6.07, 6.45) is -3.37. The number of aryl methyl sites for hydroxylation is 1. The van der Waals surface area contributed by atoms with Gasteiger partial charge in [0.2, 0.25) is 0 Å². The maximum Gasteiger partial charge on any atom is 0.417 e. The van der Waals surface area contributed by atoms with Crippen molar-refractivity contribution in [2.75, 3.05) is 9.80 Å². The predicted molar refractivity (Wildman–Crippen MR) is 134 cm³/mol. The molecule has 2 heterocycles. The molecule has 13 heteroatoms. The second-order valence-corrected chi connectivity index (χ2v) is 9.32. The third-order valence-corrected chi connectivity index (χ3v) is 6.51. The van der Waals surface area contributed by atoms with Crippen LogP contribution in [-0.4, -0.2) is 32.2 Å². The Hall–Kier alpha value is -4.31. The van der Waals surface area contributed by atoms with Gasteiger partial charge in [0.15, 0.2) is 5.11 Å². The summed E-state index contributed by atoms with van der Waals surface area (Å²) in [4.78, 5) is 27.9. The van der Waals surface area contributed by atoms with Gasteiger partial charge in [-0.3, -0.25) is 19.2 Å². The van der Waals surface area contributed by atoms with Crippen molar-refractivity contribution in [1.82, 2.24) is 15.1 Å². The number of hydrogen-bond acceptors (Lipinski definition) is 5. The van der Waals surface area contributed by atoms with Crippen LogP contribution in [0, 0.1) is 17.1 Å². The summed E-state index contributed by atoms with van der Waals surface area (Å²) in [5.41, 5.74) is -2.68. The van der Waals surface area contributed by atoms with Gasteiger partial charge in [-0.05, 0) is 62.5 Å². The molecule has 1 aliphatic heterocycles. The number of nitriles is 1. The van der Waals surface area contributed by atoms with Crippen molar-refractivity contribution in [3.63, 3.8) is 0 Å². The average Bonchev–Trinajstić information content (AvgIpc) is 3.35. The Morgan fingerprint density at radius 3 is 2.42 bits per heavy atom. The minimum atomic E-state index is -4.83. The zero-order chi connectivity index (χ0) is 28.0. The number of nitrogens with one attached hydrogen (secondary N) is 1. The fourth-order valence-electron chi connectivity index (χ4n) is 4.14. The summed E-state index contributed by atoms with van der Waals surface area (Å²) in [5, 5.41) is 15.4. The third-order valence-electron chi connectivity index (χ3n) is 6.14. The maximum atomic E-state index is 15.0. The van der Waals surface area contributed by atoms with Crippen LogP contribution < -0.4 is 15.1 Å². The number of thiocarbonyl (C=S) groups is 1. The van der Waals surface area contributed by atoms with E-state index in [1.54, 1.807) is 7.05 Å². The first kappa shape index (κ1) is 26.7. The van der Waals surface area contributed by atoms with Gasteiger partial charge in [0, 0.05) is 31.0 Å². The van der Waals surface area contributed by atoms with E-state index in [0.29, 0.717) is 11.8 Å². The maximum absolute atomic E-state index is 15.0. The lowest BCUT2D eigenvalue weighted by atomic mass is 10.0. The minimum Gasteiger partial charge on any atom is -0.347 e. The SMILES string of the molecule is Cn1nccc1C(=O)NCc1ccc(N2C(=S)N(c3ccc(C#N)c(C(F)(F)F)c3)C(=O)C2(C)C)cc1F. The van der Waals surface area contributed by atoms with Gasteiger partial charge < -0.3 is 10.2 Å². The largest absolute Gasteiger partial charge is 0.417 e. The highest BCUT2D eigenvalue weighted by atomic mass is 32.1. The number of aromatic nitrogens is 2. The lowest BCUT2D eigenvalue weighted by Crippen LogP contribution is -2.44. The van der Waals surface area contributed by atoms with Crippen molar-refractivity contribution in [2.24, 2.45) is 7.05 Å². The fraction of sp³-hybridized carbons (Fsp3) is 0.240. The Morgan fingerprint density at radius 2 is 1.84 bits per heavy atom. The number of hydrogen-bond donors (Lipinski definition) is 1. The Kier molecular flexibility index (Phi) is 6.71. The lowest BCUT2D eigenvalue weighted by molar-refractivity contribution is -0.137. The highest BCUT2D eigenvalue weighted by Crippen LogP contribution is 2.39. The van der Waals surface area contributed by atoms with E-state index >= 15 is 4.39 Å². The van der Waals surface area contributed by atoms with Crippen molar-refractivity contribution in [3.05, 3.63) is 76.9 Å². The van der Waals surface area contributed by atoms with E-state index in [1.807, 2.05) is 0 Å². The van der Waals surface area contributed by atoms with Gasteiger partial charge >= 0.3 is 6.18 Å². The van der Waals surface area contributed by atoms with Gasteiger partial charge in [0.25, 0.3) is 11.8 Å². The number of nitrogens with zero attached hydrogens (tertiary/aromatic N) is 5. The van der Waals surface area contributed by atoms with Crippen molar-refractivity contribution in [3.8, 4) is 6.07 Å². The van der Waals surface area contributed by atoms with Crippen molar-refractivity contribution in [1.29, 1.82) is 5.26 Å². The molecule has 1 N–H and O–H groups in total. The number of anilines is 2. The molecular formula is C25H20F4N6O2S. The van der Waals surface area contributed by atoms with Crippen LogP contribution in [0.3, 0.4) is 0 Å². The molecule has 1 saturated heterocycles. The summed E-state index contributed by atoms with van der Waals surface area (Å²) in [5.74, 6) is -1.76. The normalized spacial score (nSPS) is 15.1. The van der Waals surface area contributed by atoms with E-state index in [-0.39, 0.29) is 28.6 Å². The lowest BCUT2D eigenvalue weighted by Gasteiger charge is -2.29. The van der Waals surface area contributed by atoms with E-state index in [9.17, 15) is 22.8 Å². The number of benzene rings is 2. The number of rotatable bonds is 5. The molecule has 0 atom stereocenters. The monoisotopic (exact) mass is 544 g/mol. The molecule has 2 amide bonds. The van der Waals surface area contributed by atoms with Gasteiger partial charge in [-0.2, -0.15) is 23.5 Å². The highest BCUT2D eigenvalue weighted by molar-refractivity contribution is 7.81. The van der Waals surface area contributed by atoms with Gasteiger partial charge in [0.1, 0.15) is 17.1 Å². The molecule has 8 nitrogen and oxygen atoms in total. The van der Waals surface area contributed by atoms with E-state index in [0.717, 1.165) is 17.0 Å². The molecular weight excluding hydrogens is 524 g/mol. The molecule has 0 bridgehead atoms. The molecule has 0 saturated carbocycles. The second-order valence-electron chi connectivity index (χ2n) is 8.96. The van der Waals surface area contributed by atoms with Crippen LogP contribution in [0.2, 0.25) is 0 Å². The van der Waals surface area contributed by atoms with Crippen LogP contribution in [0.25, 0.3) is 0 Å². The molecule has 0 spiro atoms. The summed E-state index contributed by atoms with van der Waals surface area (Å²) >= 11 is 5.47. The van der Waals surface area contributed by atoms with Crippen molar-refractivity contribution >= 4 is 40.5 Å². The summed E-state index contributed by atoms with van der Waals surface area (Å²) in [6, 6.07) is 9.92. The van der Waals surface area contributed by atoms with Crippen LogP contribution in [0.4, 0.5) is 28.9 Å². The minimum absolute atomic E-state index is 0.125. The second kappa shape index (κ2) is 9.53. The van der Waals surface area contributed by atoms with E-state index < -0.39 is 40.5 Å². The number of carbonyl (C=O) groups is 2. The number of amides is 2. The molecule has 0 unspecified atom stereocenters. The molecule has 4 rings (SSSR count). The number of halogens is 4. The van der Waals surface area contributed by atoms with E-state index in [1.165, 1.54) is 60.0 Å². The number of alkyl halides is 3. The Morgan fingerprint density at radius 1 is 1.16 bits per heavy atom. The first-order chi connectivity index (χ1) is 17.8. The molecule has 1 aromatic heterocycles.